The van der Waals surface area contributed by atoms with Crippen molar-refractivity contribution in [2.75, 3.05) is 32.1 Å². The highest BCUT2D eigenvalue weighted by atomic mass is 19.1. The predicted molar refractivity (Wildman–Crippen MR) is 67.2 cm³/mol. The minimum atomic E-state index is -0.622. The summed E-state index contributed by atoms with van der Waals surface area (Å²) in [6, 6.07) is 1.36. The van der Waals surface area contributed by atoms with Crippen LogP contribution in [-0.4, -0.2) is 37.7 Å². The minimum absolute atomic E-state index is 0.00151. The van der Waals surface area contributed by atoms with Crippen LogP contribution in [0, 0.1) is 5.82 Å². The Morgan fingerprint density at radius 3 is 3.00 bits per heavy atom. The van der Waals surface area contributed by atoms with E-state index in [4.69, 9.17) is 4.74 Å². The number of aromatic nitrogens is 1. The Kier molecular flexibility index (Phi) is 6.07. The van der Waals surface area contributed by atoms with Crippen molar-refractivity contribution in [3.05, 3.63) is 23.6 Å². The Labute approximate surface area is 106 Å². The van der Waals surface area contributed by atoms with Gasteiger partial charge in [0.1, 0.15) is 0 Å². The number of amides is 1. The molecule has 0 spiro atoms. The van der Waals surface area contributed by atoms with Gasteiger partial charge in [0.25, 0.3) is 5.91 Å². The summed E-state index contributed by atoms with van der Waals surface area (Å²) >= 11 is 0. The maximum Gasteiger partial charge on any atom is 0.254 e. The van der Waals surface area contributed by atoms with Gasteiger partial charge in [-0.25, -0.2) is 9.37 Å². The summed E-state index contributed by atoms with van der Waals surface area (Å²) in [5, 5.41) is 5.39. The molecule has 2 N–H and O–H groups in total. The number of methoxy groups -OCH3 is 1. The Hall–Kier alpha value is -1.69. The molecule has 1 amide bonds. The van der Waals surface area contributed by atoms with Gasteiger partial charge in [-0.1, -0.05) is 0 Å². The zero-order valence-electron chi connectivity index (χ0n) is 10.6. The molecule has 0 saturated carbocycles. The number of hydrogen-bond donors (Lipinski definition) is 2. The van der Waals surface area contributed by atoms with E-state index in [1.54, 1.807) is 7.11 Å². The molecule has 0 saturated heterocycles. The second kappa shape index (κ2) is 7.60. The monoisotopic (exact) mass is 255 g/mol. The van der Waals surface area contributed by atoms with Crippen LogP contribution in [0.3, 0.4) is 0 Å². The summed E-state index contributed by atoms with van der Waals surface area (Å²) in [4.78, 5) is 15.6. The molecule has 1 heterocycles. The average Bonchev–Trinajstić information content (AvgIpc) is 2.37. The number of nitrogens with one attached hydrogen (secondary N) is 2. The summed E-state index contributed by atoms with van der Waals surface area (Å²) < 4.78 is 18.7. The summed E-state index contributed by atoms with van der Waals surface area (Å²) in [6.45, 7) is 3.38. The van der Waals surface area contributed by atoms with Crippen molar-refractivity contribution < 1.29 is 13.9 Å². The molecule has 0 aliphatic carbocycles. The second-order valence-corrected chi connectivity index (χ2v) is 3.65. The van der Waals surface area contributed by atoms with Crippen molar-refractivity contribution in [2.24, 2.45) is 0 Å². The van der Waals surface area contributed by atoms with Gasteiger partial charge in [-0.05, 0) is 19.4 Å². The maximum absolute atomic E-state index is 13.9. The lowest BCUT2D eigenvalue weighted by atomic mass is 10.2. The molecule has 0 unspecified atom stereocenters. The molecule has 1 rings (SSSR count). The van der Waals surface area contributed by atoms with E-state index in [1.165, 1.54) is 12.3 Å². The van der Waals surface area contributed by atoms with Crippen LogP contribution in [0.25, 0.3) is 0 Å². The van der Waals surface area contributed by atoms with Gasteiger partial charge in [0.15, 0.2) is 11.6 Å². The Balaban J connectivity index is 2.64. The van der Waals surface area contributed by atoms with Gasteiger partial charge >= 0.3 is 0 Å². The molecule has 18 heavy (non-hydrogen) atoms. The molecule has 1 aromatic heterocycles. The molecule has 0 bridgehead atoms. The summed E-state index contributed by atoms with van der Waals surface area (Å²) in [7, 11) is 1.59. The fourth-order valence-corrected chi connectivity index (χ4v) is 1.42. The fourth-order valence-electron chi connectivity index (χ4n) is 1.42. The first kappa shape index (κ1) is 14.4. The Bertz CT molecular complexity index is 399. The van der Waals surface area contributed by atoms with Crippen molar-refractivity contribution in [3.8, 4) is 0 Å². The van der Waals surface area contributed by atoms with Crippen molar-refractivity contribution in [2.45, 2.75) is 13.3 Å². The number of carbonyl (C=O) groups is 1. The number of pyridine rings is 1. The van der Waals surface area contributed by atoms with Crippen molar-refractivity contribution >= 4 is 11.7 Å². The highest BCUT2D eigenvalue weighted by molar-refractivity contribution is 5.95. The Morgan fingerprint density at radius 2 is 2.33 bits per heavy atom. The van der Waals surface area contributed by atoms with E-state index in [1.807, 2.05) is 6.92 Å². The zero-order valence-corrected chi connectivity index (χ0v) is 10.6. The van der Waals surface area contributed by atoms with Gasteiger partial charge in [0, 0.05) is 33.0 Å². The highest BCUT2D eigenvalue weighted by Crippen LogP contribution is 2.14. The van der Waals surface area contributed by atoms with Crippen molar-refractivity contribution in [1.82, 2.24) is 10.3 Å². The van der Waals surface area contributed by atoms with Crippen LogP contribution in [0.4, 0.5) is 10.2 Å². The van der Waals surface area contributed by atoms with Gasteiger partial charge < -0.3 is 15.4 Å². The third-order valence-corrected chi connectivity index (χ3v) is 2.29. The zero-order chi connectivity index (χ0) is 13.4. The first-order valence-corrected chi connectivity index (χ1v) is 5.86. The molecule has 0 aliphatic heterocycles. The summed E-state index contributed by atoms with van der Waals surface area (Å²) in [5.41, 5.74) is -0.00151. The molecular weight excluding hydrogens is 237 g/mol. The fraction of sp³-hybridized carbons (Fsp3) is 0.500. The SMILES string of the molecule is CCNc1nccc(C(=O)NCCCOC)c1F. The van der Waals surface area contributed by atoms with Gasteiger partial charge in [0.05, 0.1) is 5.56 Å². The Morgan fingerprint density at radius 1 is 1.56 bits per heavy atom. The van der Waals surface area contributed by atoms with Crippen LogP contribution in [-0.2, 0) is 4.74 Å². The van der Waals surface area contributed by atoms with E-state index in [0.29, 0.717) is 26.1 Å². The second-order valence-electron chi connectivity index (χ2n) is 3.65. The largest absolute Gasteiger partial charge is 0.385 e. The van der Waals surface area contributed by atoms with Crippen molar-refractivity contribution in [1.29, 1.82) is 0 Å². The standard InChI is InChI=1S/C12H18FN3O2/c1-3-14-11-10(13)9(5-7-15-11)12(17)16-6-4-8-18-2/h5,7H,3-4,6,8H2,1-2H3,(H,14,15)(H,16,17). The normalized spacial score (nSPS) is 10.2. The molecule has 1 aromatic rings. The van der Waals surface area contributed by atoms with Crippen LogP contribution >= 0.6 is 0 Å². The van der Waals surface area contributed by atoms with E-state index in [2.05, 4.69) is 15.6 Å². The van der Waals surface area contributed by atoms with E-state index in [0.717, 1.165) is 0 Å². The number of hydrogen-bond acceptors (Lipinski definition) is 4. The molecule has 6 heteroatoms. The third kappa shape index (κ3) is 3.96. The van der Waals surface area contributed by atoms with Gasteiger partial charge in [-0.2, -0.15) is 0 Å². The predicted octanol–water partition coefficient (Wildman–Crippen LogP) is 1.42. The average molecular weight is 255 g/mol. The van der Waals surface area contributed by atoms with E-state index in [-0.39, 0.29) is 11.4 Å². The van der Waals surface area contributed by atoms with Crippen LogP contribution in [0.5, 0.6) is 0 Å². The molecule has 0 aliphatic rings. The van der Waals surface area contributed by atoms with E-state index < -0.39 is 11.7 Å². The first-order valence-electron chi connectivity index (χ1n) is 5.86. The lowest BCUT2D eigenvalue weighted by Gasteiger charge is -2.08. The minimum Gasteiger partial charge on any atom is -0.385 e. The van der Waals surface area contributed by atoms with Crippen LogP contribution in [0.2, 0.25) is 0 Å². The smallest absolute Gasteiger partial charge is 0.254 e. The quantitative estimate of drug-likeness (QED) is 0.723. The van der Waals surface area contributed by atoms with Crippen LogP contribution in [0.1, 0.15) is 23.7 Å². The number of rotatable bonds is 7. The van der Waals surface area contributed by atoms with Gasteiger partial charge in [0.2, 0.25) is 0 Å². The number of anilines is 1. The van der Waals surface area contributed by atoms with Crippen LogP contribution in [0.15, 0.2) is 12.3 Å². The summed E-state index contributed by atoms with van der Waals surface area (Å²) in [6.07, 6.45) is 2.10. The van der Waals surface area contributed by atoms with Gasteiger partial charge in [-0.3, -0.25) is 4.79 Å². The first-order chi connectivity index (χ1) is 8.70. The molecule has 0 radical (unpaired) electrons. The van der Waals surface area contributed by atoms with E-state index >= 15 is 0 Å². The molecule has 5 nitrogen and oxygen atoms in total. The third-order valence-electron chi connectivity index (χ3n) is 2.29. The maximum atomic E-state index is 13.9. The van der Waals surface area contributed by atoms with E-state index in [9.17, 15) is 9.18 Å². The lowest BCUT2D eigenvalue weighted by Crippen LogP contribution is -2.26. The molecule has 0 aromatic carbocycles. The molecule has 0 fully saturated rings. The van der Waals surface area contributed by atoms with Crippen molar-refractivity contribution in [3.63, 3.8) is 0 Å². The highest BCUT2D eigenvalue weighted by Gasteiger charge is 2.15. The molecule has 100 valence electrons. The molecular formula is C12H18FN3O2. The topological polar surface area (TPSA) is 63.2 Å². The number of nitrogens with zero attached hydrogens (tertiary/aromatic N) is 1. The summed E-state index contributed by atoms with van der Waals surface area (Å²) in [5.74, 6) is -0.962. The number of halogens is 1. The van der Waals surface area contributed by atoms with Gasteiger partial charge in [-0.15, -0.1) is 0 Å². The van der Waals surface area contributed by atoms with Crippen LogP contribution < -0.4 is 10.6 Å². The number of carbonyl (C=O) groups excluding carboxylic acids is 1. The lowest BCUT2D eigenvalue weighted by molar-refractivity contribution is 0.0944. The number of ether oxygens (including phenoxy) is 1. The molecule has 0 atom stereocenters.